The smallest absolute Gasteiger partial charge is 0.231 e. The van der Waals surface area contributed by atoms with Gasteiger partial charge in [0.1, 0.15) is 0 Å². The molecule has 0 saturated carbocycles. The van der Waals surface area contributed by atoms with Crippen LogP contribution in [0.2, 0.25) is 0 Å². The number of hydrogen-bond acceptors (Lipinski definition) is 5. The van der Waals surface area contributed by atoms with Gasteiger partial charge in [0.2, 0.25) is 12.7 Å². The molecule has 0 amide bonds. The SMILES string of the molecule is COc1ccc(CNCc2cc(Br)c3c(c2)OCO3)cn1. The van der Waals surface area contributed by atoms with Gasteiger partial charge in [-0.15, -0.1) is 0 Å². The molecule has 0 bridgehead atoms. The number of pyridine rings is 1. The molecule has 2 heterocycles. The van der Waals surface area contributed by atoms with Gasteiger partial charge in [-0.3, -0.25) is 0 Å². The van der Waals surface area contributed by atoms with E-state index < -0.39 is 0 Å². The molecule has 1 N–H and O–H groups in total. The normalized spacial score (nSPS) is 12.5. The second kappa shape index (κ2) is 6.32. The van der Waals surface area contributed by atoms with Crippen LogP contribution in [-0.2, 0) is 13.1 Å². The maximum Gasteiger partial charge on any atom is 0.231 e. The number of hydrogen-bond donors (Lipinski definition) is 1. The van der Waals surface area contributed by atoms with Gasteiger partial charge in [0.05, 0.1) is 11.6 Å². The van der Waals surface area contributed by atoms with Crippen LogP contribution in [0.4, 0.5) is 0 Å². The Bertz CT molecular complexity index is 632. The van der Waals surface area contributed by atoms with E-state index in [4.69, 9.17) is 14.2 Å². The van der Waals surface area contributed by atoms with Gasteiger partial charge in [0.25, 0.3) is 0 Å². The fourth-order valence-corrected chi connectivity index (χ4v) is 2.71. The number of fused-ring (bicyclic) bond motifs is 1. The van der Waals surface area contributed by atoms with Crippen LogP contribution in [-0.4, -0.2) is 18.9 Å². The highest BCUT2D eigenvalue weighted by Crippen LogP contribution is 2.39. The second-order valence-electron chi connectivity index (χ2n) is 4.62. The van der Waals surface area contributed by atoms with Crippen molar-refractivity contribution in [3.63, 3.8) is 0 Å². The zero-order chi connectivity index (χ0) is 14.7. The average Bonchev–Trinajstić information content (AvgIpc) is 2.97. The number of rotatable bonds is 5. The van der Waals surface area contributed by atoms with E-state index in [1.165, 1.54) is 0 Å². The molecule has 0 fully saturated rings. The van der Waals surface area contributed by atoms with Gasteiger partial charge >= 0.3 is 0 Å². The highest BCUT2D eigenvalue weighted by Gasteiger charge is 2.17. The summed E-state index contributed by atoms with van der Waals surface area (Å²) < 4.78 is 16.7. The van der Waals surface area contributed by atoms with Crippen molar-refractivity contribution < 1.29 is 14.2 Å². The fourth-order valence-electron chi connectivity index (χ4n) is 2.11. The van der Waals surface area contributed by atoms with Crippen molar-refractivity contribution in [3.8, 4) is 17.4 Å². The molecule has 0 unspecified atom stereocenters. The summed E-state index contributed by atoms with van der Waals surface area (Å²) in [7, 11) is 1.61. The van der Waals surface area contributed by atoms with Crippen LogP contribution in [0.15, 0.2) is 34.9 Å². The number of ether oxygens (including phenoxy) is 3. The Kier molecular flexibility index (Phi) is 4.26. The highest BCUT2D eigenvalue weighted by molar-refractivity contribution is 9.10. The third-order valence-electron chi connectivity index (χ3n) is 3.15. The van der Waals surface area contributed by atoms with E-state index in [-0.39, 0.29) is 6.79 Å². The van der Waals surface area contributed by atoms with E-state index in [9.17, 15) is 0 Å². The summed E-state index contributed by atoms with van der Waals surface area (Å²) >= 11 is 3.49. The number of nitrogens with one attached hydrogen (secondary N) is 1. The van der Waals surface area contributed by atoms with Gasteiger partial charge in [0, 0.05) is 25.4 Å². The van der Waals surface area contributed by atoms with Crippen LogP contribution < -0.4 is 19.5 Å². The quantitative estimate of drug-likeness (QED) is 0.898. The first-order valence-electron chi connectivity index (χ1n) is 6.54. The lowest BCUT2D eigenvalue weighted by atomic mass is 10.2. The topological polar surface area (TPSA) is 52.6 Å². The van der Waals surface area contributed by atoms with Gasteiger partial charge in [-0.1, -0.05) is 6.07 Å². The summed E-state index contributed by atoms with van der Waals surface area (Å²) in [5.74, 6) is 2.18. The lowest BCUT2D eigenvalue weighted by molar-refractivity contribution is 0.173. The van der Waals surface area contributed by atoms with Gasteiger partial charge in [0.15, 0.2) is 11.5 Å². The van der Waals surface area contributed by atoms with E-state index in [0.29, 0.717) is 5.88 Å². The van der Waals surface area contributed by atoms with Crippen LogP contribution >= 0.6 is 15.9 Å². The molecule has 1 aromatic carbocycles. The standard InChI is InChI=1S/C15H15BrN2O3/c1-19-14-3-2-10(8-18-14)6-17-7-11-4-12(16)15-13(5-11)20-9-21-15/h2-5,8,17H,6-7,9H2,1H3. The van der Waals surface area contributed by atoms with Crippen LogP contribution in [0.5, 0.6) is 17.4 Å². The maximum absolute atomic E-state index is 5.41. The number of benzene rings is 1. The molecular weight excluding hydrogens is 336 g/mol. The van der Waals surface area contributed by atoms with E-state index in [0.717, 1.165) is 40.2 Å². The van der Waals surface area contributed by atoms with Crippen LogP contribution in [0.3, 0.4) is 0 Å². The number of halogens is 1. The summed E-state index contributed by atoms with van der Waals surface area (Å²) in [6.07, 6.45) is 1.81. The monoisotopic (exact) mass is 350 g/mol. The Morgan fingerprint density at radius 3 is 2.86 bits per heavy atom. The second-order valence-corrected chi connectivity index (χ2v) is 5.48. The third kappa shape index (κ3) is 3.28. The van der Waals surface area contributed by atoms with Crippen molar-refractivity contribution in [1.29, 1.82) is 0 Å². The minimum absolute atomic E-state index is 0.280. The van der Waals surface area contributed by atoms with Gasteiger partial charge in [-0.2, -0.15) is 0 Å². The summed E-state index contributed by atoms with van der Waals surface area (Å²) in [5, 5.41) is 3.38. The van der Waals surface area contributed by atoms with Crippen LogP contribution in [0.25, 0.3) is 0 Å². The molecule has 0 saturated heterocycles. The summed E-state index contributed by atoms with van der Waals surface area (Å²) in [4.78, 5) is 4.18. The zero-order valence-corrected chi connectivity index (χ0v) is 13.1. The third-order valence-corrected chi connectivity index (χ3v) is 3.74. The Labute approximate surface area is 131 Å². The molecule has 3 rings (SSSR count). The minimum Gasteiger partial charge on any atom is -0.481 e. The molecule has 21 heavy (non-hydrogen) atoms. The van der Waals surface area contributed by atoms with E-state index in [1.54, 1.807) is 13.3 Å². The van der Waals surface area contributed by atoms with E-state index in [2.05, 4.69) is 26.2 Å². The minimum atomic E-state index is 0.280. The molecule has 1 aromatic heterocycles. The predicted octanol–water partition coefficient (Wildman–Crippen LogP) is 2.87. The molecular formula is C15H15BrN2O3. The first-order valence-corrected chi connectivity index (χ1v) is 7.33. The molecule has 0 spiro atoms. The Hall–Kier alpha value is -1.79. The Morgan fingerprint density at radius 2 is 2.10 bits per heavy atom. The molecule has 110 valence electrons. The van der Waals surface area contributed by atoms with Crippen molar-refractivity contribution in [3.05, 3.63) is 46.1 Å². The Balaban J connectivity index is 1.59. The van der Waals surface area contributed by atoms with Crippen LogP contribution in [0, 0.1) is 0 Å². The fraction of sp³-hybridized carbons (Fsp3) is 0.267. The van der Waals surface area contributed by atoms with Gasteiger partial charge in [-0.05, 0) is 39.2 Å². The number of methoxy groups -OCH3 is 1. The lowest BCUT2D eigenvalue weighted by Crippen LogP contribution is -2.12. The number of aromatic nitrogens is 1. The molecule has 5 nitrogen and oxygen atoms in total. The summed E-state index contributed by atoms with van der Waals surface area (Å²) in [6.45, 7) is 1.76. The highest BCUT2D eigenvalue weighted by atomic mass is 79.9. The van der Waals surface area contributed by atoms with Crippen molar-refractivity contribution in [2.24, 2.45) is 0 Å². The zero-order valence-electron chi connectivity index (χ0n) is 11.6. The molecule has 0 atom stereocenters. The molecule has 0 aliphatic carbocycles. The van der Waals surface area contributed by atoms with Gasteiger partial charge < -0.3 is 19.5 Å². The molecule has 1 aliphatic rings. The Morgan fingerprint density at radius 1 is 1.24 bits per heavy atom. The molecule has 1 aliphatic heterocycles. The average molecular weight is 351 g/mol. The number of nitrogens with zero attached hydrogens (tertiary/aromatic N) is 1. The maximum atomic E-state index is 5.41. The largest absolute Gasteiger partial charge is 0.481 e. The van der Waals surface area contributed by atoms with Crippen LogP contribution in [0.1, 0.15) is 11.1 Å². The van der Waals surface area contributed by atoms with Crippen molar-refractivity contribution in [2.45, 2.75) is 13.1 Å². The lowest BCUT2D eigenvalue weighted by Gasteiger charge is -2.07. The van der Waals surface area contributed by atoms with E-state index >= 15 is 0 Å². The molecule has 0 radical (unpaired) electrons. The molecule has 2 aromatic rings. The van der Waals surface area contributed by atoms with E-state index in [1.807, 2.05) is 24.3 Å². The summed E-state index contributed by atoms with van der Waals surface area (Å²) in [6, 6.07) is 7.88. The first kappa shape index (κ1) is 14.2. The van der Waals surface area contributed by atoms with Gasteiger partial charge in [-0.25, -0.2) is 4.98 Å². The van der Waals surface area contributed by atoms with Crippen molar-refractivity contribution in [2.75, 3.05) is 13.9 Å². The van der Waals surface area contributed by atoms with Crippen molar-refractivity contribution in [1.82, 2.24) is 10.3 Å². The summed E-state index contributed by atoms with van der Waals surface area (Å²) in [5.41, 5.74) is 2.24. The molecule has 6 heteroatoms. The van der Waals surface area contributed by atoms with Crippen molar-refractivity contribution >= 4 is 15.9 Å². The predicted molar refractivity (Wildman–Crippen MR) is 81.6 cm³/mol. The first-order chi connectivity index (χ1) is 10.3.